The Balaban J connectivity index is 1.55. The minimum Gasteiger partial charge on any atom is -0.508 e. The third-order valence-electron chi connectivity index (χ3n) is 8.01. The van der Waals surface area contributed by atoms with Gasteiger partial charge in [0, 0.05) is 10.1 Å². The molecule has 4 heteroatoms. The van der Waals surface area contributed by atoms with E-state index in [9.17, 15) is 10.2 Å². The van der Waals surface area contributed by atoms with Crippen molar-refractivity contribution < 1.29 is 14.9 Å². The van der Waals surface area contributed by atoms with E-state index in [0.29, 0.717) is 28.8 Å². The predicted octanol–water partition coefficient (Wildman–Crippen LogP) is 5.39. The monoisotopic (exact) mass is 410 g/mol. The summed E-state index contributed by atoms with van der Waals surface area (Å²) in [6, 6.07) is 14.3. The van der Waals surface area contributed by atoms with Crippen LogP contribution >= 0.6 is 11.8 Å². The highest BCUT2D eigenvalue weighted by molar-refractivity contribution is 8.00. The number of benzene rings is 2. The van der Waals surface area contributed by atoms with Gasteiger partial charge >= 0.3 is 0 Å². The number of thioether (sulfide) groups is 1. The first-order valence-electron chi connectivity index (χ1n) is 10.8. The van der Waals surface area contributed by atoms with Gasteiger partial charge in [0.2, 0.25) is 0 Å². The summed E-state index contributed by atoms with van der Waals surface area (Å²) in [5, 5.41) is 20.9. The Bertz CT molecular complexity index is 895. The lowest BCUT2D eigenvalue weighted by molar-refractivity contribution is -0.0209. The van der Waals surface area contributed by atoms with Crippen LogP contribution in [0.15, 0.2) is 47.4 Å². The highest BCUT2D eigenvalue weighted by atomic mass is 32.2. The van der Waals surface area contributed by atoms with Crippen molar-refractivity contribution in [2.75, 3.05) is 7.11 Å². The molecule has 0 amide bonds. The molecule has 2 fully saturated rings. The second kappa shape index (κ2) is 7.24. The normalized spacial score (nSPS) is 35.5. The van der Waals surface area contributed by atoms with Gasteiger partial charge in [-0.2, -0.15) is 0 Å². The van der Waals surface area contributed by atoms with Gasteiger partial charge in [0.25, 0.3) is 0 Å². The van der Waals surface area contributed by atoms with Crippen molar-refractivity contribution in [1.82, 2.24) is 0 Å². The minimum atomic E-state index is -0.162. The molecule has 3 nitrogen and oxygen atoms in total. The Labute approximate surface area is 177 Å². The average Bonchev–Trinajstić information content (AvgIpc) is 3.03. The lowest BCUT2D eigenvalue weighted by Crippen LogP contribution is -2.48. The van der Waals surface area contributed by atoms with Crippen LogP contribution in [-0.4, -0.2) is 28.7 Å². The van der Waals surface area contributed by atoms with Gasteiger partial charge in [-0.25, -0.2) is 0 Å². The summed E-state index contributed by atoms with van der Waals surface area (Å²) in [6.45, 7) is 2.33. The van der Waals surface area contributed by atoms with Crippen LogP contribution in [0.25, 0.3) is 0 Å². The van der Waals surface area contributed by atoms with Crippen LogP contribution in [0.5, 0.6) is 11.5 Å². The highest BCUT2D eigenvalue weighted by Gasteiger charge is 2.56. The number of hydrogen-bond donors (Lipinski definition) is 2. The van der Waals surface area contributed by atoms with E-state index in [1.165, 1.54) is 16.0 Å². The Hall–Kier alpha value is -1.65. The van der Waals surface area contributed by atoms with Crippen LogP contribution < -0.4 is 4.74 Å². The van der Waals surface area contributed by atoms with Crippen LogP contribution in [0.4, 0.5) is 0 Å². The quantitative estimate of drug-likeness (QED) is 0.712. The molecule has 0 aromatic heterocycles. The number of fused-ring (bicyclic) bond motifs is 5. The van der Waals surface area contributed by atoms with E-state index in [-0.39, 0.29) is 11.5 Å². The maximum absolute atomic E-state index is 10.8. The molecule has 2 N–H and O–H groups in total. The smallest absolute Gasteiger partial charge is 0.119 e. The Kier molecular flexibility index (Phi) is 4.83. The van der Waals surface area contributed by atoms with Crippen molar-refractivity contribution in [3.8, 4) is 11.5 Å². The van der Waals surface area contributed by atoms with Gasteiger partial charge < -0.3 is 14.9 Å². The van der Waals surface area contributed by atoms with Crippen LogP contribution in [-0.2, 0) is 6.42 Å². The van der Waals surface area contributed by atoms with E-state index >= 15 is 0 Å². The first-order chi connectivity index (χ1) is 14.0. The van der Waals surface area contributed by atoms with E-state index in [1.54, 1.807) is 19.2 Å². The molecule has 0 aliphatic heterocycles. The first kappa shape index (κ1) is 19.3. The molecule has 2 aromatic carbocycles. The molecule has 6 unspecified atom stereocenters. The number of phenolic OH excluding ortho intramolecular Hbond substituents is 1. The second-order valence-corrected chi connectivity index (χ2v) is 10.7. The fraction of sp³-hybridized carbons (Fsp3) is 0.520. The molecular weight excluding hydrogens is 380 g/mol. The van der Waals surface area contributed by atoms with Gasteiger partial charge in [-0.1, -0.05) is 13.0 Å². The molecule has 0 saturated heterocycles. The molecule has 0 heterocycles. The second-order valence-electron chi connectivity index (χ2n) is 9.35. The summed E-state index contributed by atoms with van der Waals surface area (Å²) < 4.78 is 5.51. The fourth-order valence-electron chi connectivity index (χ4n) is 6.47. The van der Waals surface area contributed by atoms with Crippen LogP contribution in [0.3, 0.4) is 0 Å². The van der Waals surface area contributed by atoms with Crippen LogP contribution in [0.1, 0.15) is 49.7 Å². The molecule has 0 radical (unpaired) electrons. The van der Waals surface area contributed by atoms with E-state index in [0.717, 1.165) is 37.9 Å². The molecule has 29 heavy (non-hydrogen) atoms. The number of hydrogen-bond acceptors (Lipinski definition) is 4. The third kappa shape index (κ3) is 3.16. The van der Waals surface area contributed by atoms with E-state index in [4.69, 9.17) is 4.74 Å². The Morgan fingerprint density at radius 3 is 2.62 bits per heavy atom. The molecule has 154 valence electrons. The van der Waals surface area contributed by atoms with E-state index in [2.05, 4.69) is 25.1 Å². The molecule has 3 aliphatic rings. The lowest BCUT2D eigenvalue weighted by Gasteiger charge is -2.52. The standard InChI is InChI=1S/C25H30O3S/c1-25-12-11-20-19-8-5-17(28-2)13-15(19)14-22(24(20)21(25)9-10-23(25)27)29-18-6-3-16(26)4-7-18/h3-8,13,20-24,26-27H,9-12,14H2,1-2H3. The van der Waals surface area contributed by atoms with Crippen molar-refractivity contribution in [2.45, 2.75) is 61.2 Å². The predicted molar refractivity (Wildman–Crippen MR) is 117 cm³/mol. The molecule has 0 spiro atoms. The van der Waals surface area contributed by atoms with Crippen molar-refractivity contribution >= 4 is 11.8 Å². The zero-order valence-corrected chi connectivity index (χ0v) is 18.0. The number of phenols is 1. The van der Waals surface area contributed by atoms with Crippen molar-refractivity contribution in [3.63, 3.8) is 0 Å². The van der Waals surface area contributed by atoms with Gasteiger partial charge in [-0.15, -0.1) is 11.8 Å². The maximum atomic E-state index is 10.8. The van der Waals surface area contributed by atoms with Gasteiger partial charge in [-0.3, -0.25) is 0 Å². The summed E-state index contributed by atoms with van der Waals surface area (Å²) in [4.78, 5) is 1.21. The number of rotatable bonds is 3. The molecule has 6 atom stereocenters. The van der Waals surface area contributed by atoms with Gasteiger partial charge in [-0.05, 0) is 103 Å². The number of methoxy groups -OCH3 is 1. The Morgan fingerprint density at radius 1 is 1.07 bits per heavy atom. The van der Waals surface area contributed by atoms with Crippen LogP contribution in [0, 0.1) is 17.3 Å². The molecular formula is C25H30O3S. The number of aliphatic hydroxyl groups is 1. The number of aliphatic hydroxyl groups excluding tert-OH is 1. The first-order valence-corrected chi connectivity index (χ1v) is 11.7. The summed E-state index contributed by atoms with van der Waals surface area (Å²) >= 11 is 1.95. The fourth-order valence-corrected chi connectivity index (χ4v) is 7.91. The third-order valence-corrected chi connectivity index (χ3v) is 9.33. The summed E-state index contributed by atoms with van der Waals surface area (Å²) in [7, 11) is 1.74. The molecule has 2 saturated carbocycles. The van der Waals surface area contributed by atoms with Gasteiger partial charge in [0.1, 0.15) is 11.5 Å². The molecule has 5 rings (SSSR count). The van der Waals surface area contributed by atoms with Crippen LogP contribution in [0.2, 0.25) is 0 Å². The zero-order chi connectivity index (χ0) is 20.2. The molecule has 0 bridgehead atoms. The number of aromatic hydroxyl groups is 1. The number of ether oxygens (including phenoxy) is 1. The largest absolute Gasteiger partial charge is 0.508 e. The molecule has 2 aromatic rings. The van der Waals surface area contributed by atoms with E-state index in [1.807, 2.05) is 23.9 Å². The summed E-state index contributed by atoms with van der Waals surface area (Å²) in [6.07, 6.45) is 5.21. The lowest BCUT2D eigenvalue weighted by atomic mass is 9.55. The maximum Gasteiger partial charge on any atom is 0.119 e. The van der Waals surface area contributed by atoms with Crippen molar-refractivity contribution in [3.05, 3.63) is 53.6 Å². The molecule has 3 aliphatic carbocycles. The van der Waals surface area contributed by atoms with Gasteiger partial charge in [0.15, 0.2) is 0 Å². The Morgan fingerprint density at radius 2 is 1.86 bits per heavy atom. The highest BCUT2D eigenvalue weighted by Crippen LogP contribution is 2.62. The zero-order valence-electron chi connectivity index (χ0n) is 17.2. The SMILES string of the molecule is COc1ccc2c(c1)CC(Sc1ccc(O)cc1)C1C2CCC2(C)C(O)CCC12. The average molecular weight is 411 g/mol. The summed E-state index contributed by atoms with van der Waals surface area (Å²) in [5.41, 5.74) is 2.98. The summed E-state index contributed by atoms with van der Waals surface area (Å²) in [5.74, 6) is 2.96. The van der Waals surface area contributed by atoms with Crippen molar-refractivity contribution in [1.29, 1.82) is 0 Å². The van der Waals surface area contributed by atoms with E-state index < -0.39 is 0 Å². The topological polar surface area (TPSA) is 49.7 Å². The van der Waals surface area contributed by atoms with Gasteiger partial charge in [0.05, 0.1) is 13.2 Å². The van der Waals surface area contributed by atoms with Crippen molar-refractivity contribution in [2.24, 2.45) is 17.3 Å². The minimum absolute atomic E-state index is 0.0545.